The third kappa shape index (κ3) is 4.64. The van der Waals surface area contributed by atoms with Gasteiger partial charge in [0.05, 0.1) is 23.5 Å². The lowest BCUT2D eigenvalue weighted by Gasteiger charge is -2.44. The van der Waals surface area contributed by atoms with Crippen LogP contribution in [0.3, 0.4) is 0 Å². The van der Waals surface area contributed by atoms with Crippen molar-refractivity contribution >= 4 is 102 Å². The number of hydrogen-bond donors (Lipinski definition) is 0. The van der Waals surface area contributed by atoms with E-state index in [0.29, 0.717) is 6.54 Å². The second-order valence-electron chi connectivity index (χ2n) is 11.5. The molecule has 0 aliphatic carbocycles. The van der Waals surface area contributed by atoms with E-state index >= 15 is 0 Å². The quantitative estimate of drug-likeness (QED) is 0.408. The van der Waals surface area contributed by atoms with Crippen LogP contribution in [0, 0.1) is 5.82 Å². The number of hydrogen-bond acceptors (Lipinski definition) is 2. The molecule has 1 amide bonds. The molecule has 0 unspecified atom stereocenters. The van der Waals surface area contributed by atoms with Gasteiger partial charge in [-0.3, -0.25) is 4.79 Å². The molecule has 2 aromatic rings. The van der Waals surface area contributed by atoms with Crippen LogP contribution in [0.1, 0.15) is 37.8 Å². The Hall–Kier alpha value is -1.55. The first-order valence-electron chi connectivity index (χ1n) is 12.1. The molecule has 0 saturated carbocycles. The fourth-order valence-corrected chi connectivity index (χ4v) is 6.15. The topological polar surface area (TPSA) is 29.5 Å². The predicted molar refractivity (Wildman–Crippen MR) is 164 cm³/mol. The number of carbonyl (C=O) groups is 1. The summed E-state index contributed by atoms with van der Waals surface area (Å²) in [5.74, 6) is -0.693. The first-order valence-corrected chi connectivity index (χ1v) is 12.5. The molecule has 0 bridgehead atoms. The molecule has 1 saturated heterocycles. The Morgan fingerprint density at radius 1 is 1.09 bits per heavy atom. The molecule has 3 rings (SSSR count). The second kappa shape index (κ2) is 9.15. The summed E-state index contributed by atoms with van der Waals surface area (Å²) >= 11 is 5.88. The van der Waals surface area contributed by atoms with Gasteiger partial charge in [-0.2, -0.15) is 0 Å². The van der Waals surface area contributed by atoms with Crippen molar-refractivity contribution in [3.05, 3.63) is 40.2 Å². The molecule has 2 aromatic carbocycles. The molecular formula is C21H31B8ClFNO2. The van der Waals surface area contributed by atoms with Gasteiger partial charge in [0.1, 0.15) is 39.2 Å². The number of likely N-dealkylation sites (tertiary alicyclic amines) is 1. The zero-order valence-corrected chi connectivity index (χ0v) is 23.1. The van der Waals surface area contributed by atoms with Gasteiger partial charge in [0.15, 0.2) is 17.2 Å². The maximum Gasteiger partial charge on any atom is 0.266 e. The van der Waals surface area contributed by atoms with E-state index in [1.54, 1.807) is 19.9 Å². The normalized spacial score (nSPS) is 18.8. The minimum Gasteiger partial charge on any atom is -0.475 e. The lowest BCUT2D eigenvalue weighted by Crippen LogP contribution is -2.61. The summed E-state index contributed by atoms with van der Waals surface area (Å²) in [6.45, 7) is 4.06. The van der Waals surface area contributed by atoms with E-state index in [9.17, 15) is 9.18 Å². The highest BCUT2D eigenvalue weighted by molar-refractivity contribution is 6.65. The Kier molecular flexibility index (Phi) is 7.28. The van der Waals surface area contributed by atoms with Gasteiger partial charge in [-0.1, -0.05) is 44.1 Å². The summed E-state index contributed by atoms with van der Waals surface area (Å²) in [6, 6.07) is 4.24. The Balaban J connectivity index is 2.06. The fourth-order valence-electron chi connectivity index (χ4n) is 6.00. The summed E-state index contributed by atoms with van der Waals surface area (Å²) in [5.41, 5.74) is 6.00. The molecule has 1 heterocycles. The van der Waals surface area contributed by atoms with Crippen molar-refractivity contribution < 1.29 is 13.9 Å². The van der Waals surface area contributed by atoms with Crippen molar-refractivity contribution in [1.82, 2.24) is 4.90 Å². The average Bonchev–Trinajstić information content (AvgIpc) is 3.09. The van der Waals surface area contributed by atoms with Gasteiger partial charge in [-0.25, -0.2) is 4.39 Å². The summed E-state index contributed by atoms with van der Waals surface area (Å²) in [4.78, 5) is 15.9. The molecular weight excluding hydrogens is 439 g/mol. The number of benzene rings is 2. The van der Waals surface area contributed by atoms with Gasteiger partial charge in [-0.15, -0.1) is 0 Å². The molecule has 3 nitrogen and oxygen atoms in total. The smallest absolute Gasteiger partial charge is 0.266 e. The fraction of sp³-hybridized carbons (Fsp3) is 0.381. The van der Waals surface area contributed by atoms with E-state index < -0.39 is 16.9 Å². The van der Waals surface area contributed by atoms with Crippen molar-refractivity contribution in [3.63, 3.8) is 0 Å². The second-order valence-corrected chi connectivity index (χ2v) is 12.0. The van der Waals surface area contributed by atoms with E-state index in [1.165, 1.54) is 45.1 Å². The Labute approximate surface area is 215 Å². The third-order valence-corrected chi connectivity index (χ3v) is 7.81. The van der Waals surface area contributed by atoms with Crippen molar-refractivity contribution in [3.8, 4) is 5.75 Å². The molecule has 1 aliphatic rings. The van der Waals surface area contributed by atoms with Gasteiger partial charge >= 0.3 is 0 Å². The molecule has 1 fully saturated rings. The van der Waals surface area contributed by atoms with Crippen molar-refractivity contribution in [1.29, 1.82) is 0 Å². The van der Waals surface area contributed by atoms with Gasteiger partial charge in [0, 0.05) is 17.0 Å². The molecule has 0 spiro atoms. The van der Waals surface area contributed by atoms with Crippen molar-refractivity contribution in [2.24, 2.45) is 0 Å². The minimum absolute atomic E-state index is 0.0252. The van der Waals surface area contributed by atoms with Gasteiger partial charge in [-0.05, 0) is 50.5 Å². The highest BCUT2D eigenvalue weighted by Crippen LogP contribution is 2.37. The van der Waals surface area contributed by atoms with Crippen LogP contribution >= 0.6 is 11.6 Å². The van der Waals surface area contributed by atoms with E-state index in [4.69, 9.17) is 16.3 Å². The molecule has 34 heavy (non-hydrogen) atoms. The monoisotopic (exact) mass is 471 g/mol. The van der Waals surface area contributed by atoms with Crippen molar-refractivity contribution in [2.45, 2.75) is 42.8 Å². The number of halogens is 2. The third-order valence-electron chi connectivity index (χ3n) is 7.57. The summed E-state index contributed by atoms with van der Waals surface area (Å²) in [7, 11) is 17.7. The summed E-state index contributed by atoms with van der Waals surface area (Å²) in [6.07, 6.45) is 1.78. The Bertz CT molecular complexity index is 1130. The molecule has 0 N–H and O–H groups in total. The van der Waals surface area contributed by atoms with E-state index in [2.05, 4.69) is 62.8 Å². The maximum absolute atomic E-state index is 14.4. The molecule has 0 radical (unpaired) electrons. The Morgan fingerprint density at radius 2 is 1.65 bits per heavy atom. The largest absolute Gasteiger partial charge is 0.475 e. The highest BCUT2D eigenvalue weighted by atomic mass is 35.5. The SMILES string of the molecule is Bc1c(B)c([C@]2(B)CCCN2C(=O)C(C)(C)Oc2ccc(Cl)cc2F)c(B)c(B)c1C(B)(B)B. The molecule has 170 valence electrons. The molecule has 1 atom stereocenters. The summed E-state index contributed by atoms with van der Waals surface area (Å²) < 4.78 is 20.4. The minimum atomic E-state index is -1.24. The van der Waals surface area contributed by atoms with Crippen LogP contribution in [-0.4, -0.2) is 85.7 Å². The average molecular weight is 470 g/mol. The van der Waals surface area contributed by atoms with Crippen LogP contribution in [0.5, 0.6) is 5.75 Å². The van der Waals surface area contributed by atoms with Crippen LogP contribution in [-0.2, 0) is 15.3 Å². The Morgan fingerprint density at radius 3 is 2.15 bits per heavy atom. The zero-order chi connectivity index (χ0) is 25.8. The number of ether oxygens (including phenoxy) is 1. The van der Waals surface area contributed by atoms with Crippen LogP contribution < -0.4 is 26.6 Å². The van der Waals surface area contributed by atoms with E-state index in [0.717, 1.165) is 12.8 Å². The highest BCUT2D eigenvalue weighted by Gasteiger charge is 2.48. The standard InChI is InChI=1S/C21H31B8ClFNO2/c1-19(2,34-11-5-4-9(30)8-10(11)31)18(33)32-7-3-6-20(32,26)12-14(22)16(24)13(21(27,28)29)17(25)15(12)23/h4-5,8H,3,6-7,22-29H2,1-2H3/t20-/m0/s1. The van der Waals surface area contributed by atoms with Crippen LogP contribution in [0.25, 0.3) is 0 Å². The van der Waals surface area contributed by atoms with Gasteiger partial charge in [0.2, 0.25) is 0 Å². The molecule has 13 heteroatoms. The predicted octanol–water partition coefficient (Wildman–Crippen LogP) is -6.21. The maximum atomic E-state index is 14.4. The van der Waals surface area contributed by atoms with E-state index in [-0.39, 0.29) is 21.8 Å². The van der Waals surface area contributed by atoms with Gasteiger partial charge < -0.3 is 9.64 Å². The number of carbonyl (C=O) groups excluding carboxylic acids is 1. The first kappa shape index (κ1) is 27.0. The molecule has 1 aliphatic heterocycles. The van der Waals surface area contributed by atoms with Gasteiger partial charge in [0.25, 0.3) is 5.91 Å². The summed E-state index contributed by atoms with van der Waals surface area (Å²) in [5, 5.41) is 0.323. The van der Waals surface area contributed by atoms with Crippen molar-refractivity contribution in [2.75, 3.05) is 6.54 Å². The lowest BCUT2D eigenvalue weighted by atomic mass is 9.36. The molecule has 0 aromatic heterocycles. The first-order chi connectivity index (χ1) is 15.5. The number of rotatable bonds is 5. The number of nitrogens with zero attached hydrogens (tertiary/aromatic N) is 1. The van der Waals surface area contributed by atoms with Crippen LogP contribution in [0.2, 0.25) is 5.02 Å². The zero-order valence-electron chi connectivity index (χ0n) is 22.4. The lowest BCUT2D eigenvalue weighted by molar-refractivity contribution is -0.147. The van der Waals surface area contributed by atoms with E-state index in [1.807, 2.05) is 4.90 Å². The van der Waals surface area contributed by atoms with Crippen LogP contribution in [0.4, 0.5) is 4.39 Å². The van der Waals surface area contributed by atoms with Crippen LogP contribution in [0.15, 0.2) is 18.2 Å². The number of amides is 1.